The van der Waals surface area contributed by atoms with E-state index >= 15 is 0 Å². The van der Waals surface area contributed by atoms with Crippen molar-refractivity contribution in [2.75, 3.05) is 52.4 Å². The van der Waals surface area contributed by atoms with Crippen molar-refractivity contribution < 1.29 is 9.59 Å². The van der Waals surface area contributed by atoms with Crippen LogP contribution < -0.4 is 0 Å². The molecule has 1 saturated heterocycles. The molecule has 6 nitrogen and oxygen atoms in total. The minimum absolute atomic E-state index is 0.0518. The van der Waals surface area contributed by atoms with Crippen LogP contribution in [0.25, 0.3) is 0 Å². The van der Waals surface area contributed by atoms with Gasteiger partial charge < -0.3 is 14.4 Å². The van der Waals surface area contributed by atoms with E-state index < -0.39 is 0 Å². The minimum Gasteiger partial charge on any atom is -0.338 e. The second-order valence-corrected chi connectivity index (χ2v) is 10.5. The van der Waals surface area contributed by atoms with Crippen LogP contribution in [0.4, 0.5) is 0 Å². The summed E-state index contributed by atoms with van der Waals surface area (Å²) >= 11 is 0. The zero-order valence-corrected chi connectivity index (χ0v) is 23.7. The van der Waals surface area contributed by atoms with Gasteiger partial charge >= 0.3 is 0 Å². The molecule has 1 aliphatic heterocycles. The number of piperazine rings is 1. The first-order valence-corrected chi connectivity index (χ1v) is 13.9. The number of rotatable bonds is 10. The van der Waals surface area contributed by atoms with Crippen LogP contribution in [-0.2, 0) is 6.54 Å². The number of aromatic nitrogens is 1. The Labute approximate surface area is 227 Å². The molecular formula is C32H42N4O2. The topological polar surface area (TPSA) is 48.8 Å². The molecule has 2 aromatic carbocycles. The van der Waals surface area contributed by atoms with Crippen molar-refractivity contribution in [2.45, 2.75) is 41.2 Å². The van der Waals surface area contributed by atoms with Gasteiger partial charge in [0.15, 0.2) is 5.78 Å². The van der Waals surface area contributed by atoms with Crippen LogP contribution in [0.3, 0.4) is 0 Å². The maximum Gasteiger partial charge on any atom is 0.271 e. The molecular weight excluding hydrogens is 472 g/mol. The number of aryl methyl sites for hydroxylation is 3. The summed E-state index contributed by atoms with van der Waals surface area (Å²) in [5, 5.41) is 0. The van der Waals surface area contributed by atoms with Crippen LogP contribution in [0.5, 0.6) is 0 Å². The first kappa shape index (κ1) is 27.8. The van der Waals surface area contributed by atoms with E-state index in [0.717, 1.165) is 56.0 Å². The monoisotopic (exact) mass is 514 g/mol. The maximum atomic E-state index is 14.1. The molecule has 2 heterocycles. The molecule has 0 radical (unpaired) electrons. The summed E-state index contributed by atoms with van der Waals surface area (Å²) in [6.07, 6.45) is 1.97. The molecule has 1 fully saturated rings. The summed E-state index contributed by atoms with van der Waals surface area (Å²) in [4.78, 5) is 34.6. The average Bonchev–Trinajstić information content (AvgIpc) is 3.25. The zero-order valence-electron chi connectivity index (χ0n) is 23.7. The lowest BCUT2D eigenvalue weighted by atomic mass is 9.99. The van der Waals surface area contributed by atoms with Crippen LogP contribution in [0.15, 0.2) is 54.7 Å². The van der Waals surface area contributed by atoms with Gasteiger partial charge in [-0.1, -0.05) is 73.5 Å². The van der Waals surface area contributed by atoms with E-state index in [2.05, 4.69) is 54.8 Å². The van der Waals surface area contributed by atoms with Gasteiger partial charge in [0.05, 0.1) is 5.56 Å². The highest BCUT2D eigenvalue weighted by molar-refractivity contribution is 6.15. The van der Waals surface area contributed by atoms with Gasteiger partial charge in [0.2, 0.25) is 0 Å². The van der Waals surface area contributed by atoms with Gasteiger partial charge in [-0.3, -0.25) is 14.5 Å². The number of carbonyl (C=O) groups excluding carboxylic acids is 2. The number of likely N-dealkylation sites (N-methyl/N-ethyl adjacent to an activating group) is 1. The molecule has 0 N–H and O–H groups in total. The summed E-state index contributed by atoms with van der Waals surface area (Å²) in [5.74, 6) is -0.143. The number of hydrogen-bond donors (Lipinski definition) is 0. The van der Waals surface area contributed by atoms with Crippen molar-refractivity contribution in [3.05, 3.63) is 93.8 Å². The molecule has 0 spiro atoms. The Hall–Kier alpha value is -3.22. The Morgan fingerprint density at radius 2 is 1.39 bits per heavy atom. The fourth-order valence-electron chi connectivity index (χ4n) is 5.22. The van der Waals surface area contributed by atoms with Gasteiger partial charge in [0.1, 0.15) is 5.69 Å². The lowest BCUT2D eigenvalue weighted by Gasteiger charge is -2.36. The van der Waals surface area contributed by atoms with E-state index in [1.165, 1.54) is 5.56 Å². The molecule has 1 aliphatic rings. The van der Waals surface area contributed by atoms with Gasteiger partial charge in [-0.05, 0) is 45.0 Å². The molecule has 4 rings (SSSR count). The summed E-state index contributed by atoms with van der Waals surface area (Å²) in [7, 11) is 0. The molecule has 0 aliphatic carbocycles. The zero-order chi connectivity index (χ0) is 27.2. The second-order valence-electron chi connectivity index (χ2n) is 10.5. The lowest BCUT2D eigenvalue weighted by molar-refractivity contribution is 0.0612. The number of ketones is 1. The van der Waals surface area contributed by atoms with Crippen molar-refractivity contribution >= 4 is 11.7 Å². The average molecular weight is 515 g/mol. The summed E-state index contributed by atoms with van der Waals surface area (Å²) in [5.41, 5.74) is 5.88. The molecule has 0 unspecified atom stereocenters. The van der Waals surface area contributed by atoms with Gasteiger partial charge in [-0.25, -0.2) is 0 Å². The van der Waals surface area contributed by atoms with Crippen molar-refractivity contribution in [3.8, 4) is 0 Å². The van der Waals surface area contributed by atoms with Gasteiger partial charge in [0, 0.05) is 57.6 Å². The molecule has 0 atom stereocenters. The molecule has 202 valence electrons. The Morgan fingerprint density at radius 3 is 1.97 bits per heavy atom. The largest absolute Gasteiger partial charge is 0.338 e. The Balaban J connectivity index is 1.60. The summed E-state index contributed by atoms with van der Waals surface area (Å²) in [6, 6.07) is 16.0. The highest BCUT2D eigenvalue weighted by Gasteiger charge is 2.30. The van der Waals surface area contributed by atoms with Crippen molar-refractivity contribution in [1.29, 1.82) is 0 Å². The third-order valence-electron chi connectivity index (χ3n) is 7.77. The maximum absolute atomic E-state index is 14.1. The lowest BCUT2D eigenvalue weighted by Crippen LogP contribution is -2.50. The molecule has 1 amide bonds. The fraction of sp³-hybridized carbons (Fsp3) is 0.438. The number of benzene rings is 2. The smallest absolute Gasteiger partial charge is 0.271 e. The normalized spacial score (nSPS) is 14.3. The van der Waals surface area contributed by atoms with Crippen molar-refractivity contribution in [3.63, 3.8) is 0 Å². The predicted octanol–water partition coefficient (Wildman–Crippen LogP) is 4.79. The number of hydrogen-bond acceptors (Lipinski definition) is 4. The fourth-order valence-corrected chi connectivity index (χ4v) is 5.22. The van der Waals surface area contributed by atoms with E-state index in [9.17, 15) is 9.59 Å². The van der Waals surface area contributed by atoms with E-state index in [4.69, 9.17) is 0 Å². The van der Waals surface area contributed by atoms with Gasteiger partial charge in [0.25, 0.3) is 5.91 Å². The molecule has 0 saturated carbocycles. The highest BCUT2D eigenvalue weighted by atomic mass is 16.2. The molecule has 0 bridgehead atoms. The first-order chi connectivity index (χ1) is 18.3. The van der Waals surface area contributed by atoms with Crippen LogP contribution in [0.2, 0.25) is 0 Å². The van der Waals surface area contributed by atoms with Gasteiger partial charge in [-0.2, -0.15) is 0 Å². The molecule has 3 aromatic rings. The Bertz CT molecular complexity index is 1230. The van der Waals surface area contributed by atoms with Crippen LogP contribution in [-0.4, -0.2) is 83.3 Å². The van der Waals surface area contributed by atoms with Crippen LogP contribution in [0.1, 0.15) is 62.5 Å². The quantitative estimate of drug-likeness (QED) is 0.365. The first-order valence-electron chi connectivity index (χ1n) is 13.9. The van der Waals surface area contributed by atoms with Gasteiger partial charge in [-0.15, -0.1) is 0 Å². The number of nitrogens with zero attached hydrogens (tertiary/aromatic N) is 4. The summed E-state index contributed by atoms with van der Waals surface area (Å²) in [6.45, 7) is 18.2. The summed E-state index contributed by atoms with van der Waals surface area (Å²) < 4.78 is 1.98. The van der Waals surface area contributed by atoms with E-state index in [-0.39, 0.29) is 11.7 Å². The predicted molar refractivity (Wildman–Crippen MR) is 154 cm³/mol. The number of amides is 1. The Morgan fingerprint density at radius 1 is 0.816 bits per heavy atom. The highest BCUT2D eigenvalue weighted by Crippen LogP contribution is 2.25. The third-order valence-corrected chi connectivity index (χ3v) is 7.77. The number of carbonyl (C=O) groups is 2. The molecule has 38 heavy (non-hydrogen) atoms. The van der Waals surface area contributed by atoms with E-state index in [0.29, 0.717) is 36.5 Å². The minimum atomic E-state index is -0.0913. The standard InChI is InChI=1S/C32H42N4O2/c1-6-33(7-2)16-17-34-18-20-35(21-19-34)32(38)30-29(31(37)28-14-10-25(4)11-15-28)26(5)22-36(30)23-27-12-8-24(3)9-13-27/h8-15,22H,6-7,16-21,23H2,1-5H3. The SMILES string of the molecule is CCN(CC)CCN1CCN(C(=O)c2c(C(=O)c3ccc(C)cc3)c(C)cn2Cc2ccc(C)cc2)CC1. The molecule has 1 aromatic heterocycles. The van der Waals surface area contributed by atoms with E-state index in [1.807, 2.05) is 53.8 Å². The molecule has 6 heteroatoms. The van der Waals surface area contributed by atoms with E-state index in [1.54, 1.807) is 0 Å². The van der Waals surface area contributed by atoms with Crippen LogP contribution in [0, 0.1) is 20.8 Å². The van der Waals surface area contributed by atoms with Crippen molar-refractivity contribution in [2.24, 2.45) is 0 Å². The van der Waals surface area contributed by atoms with Crippen LogP contribution >= 0.6 is 0 Å². The second kappa shape index (κ2) is 12.5. The third kappa shape index (κ3) is 6.43. The van der Waals surface area contributed by atoms with Crippen molar-refractivity contribution in [1.82, 2.24) is 19.3 Å². The Kier molecular flexibility index (Phi) is 9.18.